The Labute approximate surface area is 199 Å². The van der Waals surface area contributed by atoms with Crippen LogP contribution < -0.4 is 9.64 Å². The molecule has 1 aliphatic rings. The van der Waals surface area contributed by atoms with Crippen LogP contribution in [0.2, 0.25) is 5.02 Å². The number of aliphatic hydroxyl groups excluding tert-OH is 1. The minimum atomic E-state index is -2.13. The third-order valence-corrected chi connectivity index (χ3v) is 5.43. The molecule has 2 aromatic rings. The molecule has 0 saturated heterocycles. The monoisotopic (exact) mass is 481 g/mol. The second-order valence-electron chi connectivity index (χ2n) is 7.96. The van der Waals surface area contributed by atoms with E-state index < -0.39 is 17.7 Å². The molecule has 33 heavy (non-hydrogen) atoms. The highest BCUT2D eigenvalue weighted by Gasteiger charge is 2.37. The Hall–Kier alpha value is -2.16. The normalized spacial score (nSPS) is 15.4. The van der Waals surface area contributed by atoms with Gasteiger partial charge in [-0.05, 0) is 30.2 Å². The average molecular weight is 482 g/mol. The molecular formula is C25H33ClFNO5. The number of nitrogens with zero attached hydrogens (tertiary/aromatic N) is 1. The highest BCUT2D eigenvalue weighted by atomic mass is 35.5. The maximum Gasteiger partial charge on any atom is 0.187 e. The smallest absolute Gasteiger partial charge is 0.187 e. The maximum atomic E-state index is 14.5. The molecule has 0 radical (unpaired) electrons. The molecule has 1 atom stereocenters. The highest BCUT2D eigenvalue weighted by molar-refractivity contribution is 6.30. The summed E-state index contributed by atoms with van der Waals surface area (Å²) < 4.78 is 25.6. The fourth-order valence-corrected chi connectivity index (χ4v) is 3.89. The van der Waals surface area contributed by atoms with E-state index in [1.165, 1.54) is 33.6 Å². The summed E-state index contributed by atoms with van der Waals surface area (Å²) in [5, 5.41) is 30.0. The molecule has 1 unspecified atom stereocenters. The van der Waals surface area contributed by atoms with E-state index in [9.17, 15) is 19.7 Å². The summed E-state index contributed by atoms with van der Waals surface area (Å²) in [5.74, 6) is -2.10. The number of benzene rings is 2. The van der Waals surface area contributed by atoms with Crippen LogP contribution in [0.5, 0.6) is 5.75 Å². The molecular weight excluding hydrogens is 449 g/mol. The summed E-state index contributed by atoms with van der Waals surface area (Å²) >= 11 is 5.92. The molecule has 8 heteroatoms. The number of anilines is 1. The number of β-amino-alcohol motifs (C(OH)–C–C–N with tert-alkyl or cyclic N) is 1. The Morgan fingerprint density at radius 2 is 1.82 bits per heavy atom. The van der Waals surface area contributed by atoms with Crippen LogP contribution in [0.1, 0.15) is 50.0 Å². The lowest BCUT2D eigenvalue weighted by Gasteiger charge is -2.37. The van der Waals surface area contributed by atoms with Gasteiger partial charge in [0.25, 0.3) is 0 Å². The molecule has 0 bridgehead atoms. The molecule has 2 aromatic carbocycles. The van der Waals surface area contributed by atoms with E-state index in [0.717, 1.165) is 0 Å². The number of halogens is 2. The Kier molecular flexibility index (Phi) is 9.70. The topological polar surface area (TPSA) is 82.4 Å². The third kappa shape index (κ3) is 6.25. The number of rotatable bonds is 7. The minimum Gasteiger partial charge on any atom is -0.496 e. The number of aliphatic hydroxyl groups is 3. The van der Waals surface area contributed by atoms with Crippen LogP contribution in [0, 0.1) is 5.82 Å². The van der Waals surface area contributed by atoms with Crippen molar-refractivity contribution in [2.75, 3.05) is 32.3 Å². The standard InChI is InChI=1S/C22H25ClFNO5.C3H8/c1-22(27,28)16-12-25(7-8-26)18-11-19(29-2)14(10-15(18)21(16)30-3)9-13-5-4-6-17(23)20(13)24;1-3-2/h4-6,10-12,21,26-28H,7-9H2,1-3H3;3H2,1-2H3. The van der Waals surface area contributed by atoms with Gasteiger partial charge >= 0.3 is 0 Å². The average Bonchev–Trinajstić information content (AvgIpc) is 2.76. The quantitative estimate of drug-likeness (QED) is 0.502. The fourth-order valence-electron chi connectivity index (χ4n) is 3.70. The summed E-state index contributed by atoms with van der Waals surface area (Å²) in [7, 11) is 2.99. The van der Waals surface area contributed by atoms with E-state index in [-0.39, 0.29) is 30.2 Å². The second kappa shape index (κ2) is 11.8. The van der Waals surface area contributed by atoms with Crippen molar-refractivity contribution in [3.05, 3.63) is 69.6 Å². The van der Waals surface area contributed by atoms with Crippen LogP contribution in [0.4, 0.5) is 10.1 Å². The molecule has 0 aromatic heterocycles. The van der Waals surface area contributed by atoms with Crippen molar-refractivity contribution in [1.82, 2.24) is 0 Å². The Morgan fingerprint density at radius 1 is 1.15 bits per heavy atom. The van der Waals surface area contributed by atoms with Crippen LogP contribution in [-0.4, -0.2) is 48.5 Å². The number of fused-ring (bicyclic) bond motifs is 1. The van der Waals surface area contributed by atoms with Gasteiger partial charge in [0.2, 0.25) is 0 Å². The molecule has 6 nitrogen and oxygen atoms in total. The fraction of sp³-hybridized carbons (Fsp3) is 0.440. The molecule has 3 rings (SSSR count). The van der Waals surface area contributed by atoms with Gasteiger partial charge in [0, 0.05) is 43.5 Å². The summed E-state index contributed by atoms with van der Waals surface area (Å²) in [5.41, 5.74) is 2.65. The van der Waals surface area contributed by atoms with E-state index in [2.05, 4.69) is 13.8 Å². The van der Waals surface area contributed by atoms with Gasteiger partial charge in [0.1, 0.15) is 17.7 Å². The summed E-state index contributed by atoms with van der Waals surface area (Å²) in [4.78, 5) is 1.71. The Bertz CT molecular complexity index is 974. The number of ether oxygens (including phenoxy) is 2. The second-order valence-corrected chi connectivity index (χ2v) is 8.36. The minimum absolute atomic E-state index is 0.0369. The van der Waals surface area contributed by atoms with Gasteiger partial charge in [-0.3, -0.25) is 0 Å². The largest absolute Gasteiger partial charge is 0.496 e. The summed E-state index contributed by atoms with van der Waals surface area (Å²) in [6.45, 7) is 5.58. The first-order chi connectivity index (χ1) is 15.6. The lowest BCUT2D eigenvalue weighted by molar-refractivity contribution is -0.126. The zero-order valence-electron chi connectivity index (χ0n) is 19.7. The van der Waals surface area contributed by atoms with Crippen molar-refractivity contribution in [1.29, 1.82) is 0 Å². The molecule has 182 valence electrons. The van der Waals surface area contributed by atoms with Crippen molar-refractivity contribution in [2.45, 2.75) is 45.5 Å². The van der Waals surface area contributed by atoms with Gasteiger partial charge < -0.3 is 29.7 Å². The molecule has 1 aliphatic heterocycles. The van der Waals surface area contributed by atoms with Crippen LogP contribution in [0.3, 0.4) is 0 Å². The SMILES string of the molecule is CCC.COc1cc2c(cc1Cc1cccc(Cl)c1F)C(OC)C(C(C)(O)O)=CN2CCO. The van der Waals surface area contributed by atoms with Crippen LogP contribution in [-0.2, 0) is 11.2 Å². The summed E-state index contributed by atoms with van der Waals surface area (Å²) in [6.07, 6.45) is 2.28. The molecule has 0 fully saturated rings. The third-order valence-electron chi connectivity index (χ3n) is 5.13. The van der Waals surface area contributed by atoms with E-state index >= 15 is 0 Å². The lowest BCUT2D eigenvalue weighted by Crippen LogP contribution is -2.37. The van der Waals surface area contributed by atoms with Gasteiger partial charge in [-0.1, -0.05) is 44.0 Å². The predicted octanol–water partition coefficient (Wildman–Crippen LogP) is 4.58. The first-order valence-corrected chi connectivity index (χ1v) is 11.2. The molecule has 0 amide bonds. The zero-order chi connectivity index (χ0) is 24.8. The van der Waals surface area contributed by atoms with Crippen molar-refractivity contribution in [3.63, 3.8) is 0 Å². The van der Waals surface area contributed by atoms with Crippen molar-refractivity contribution in [2.24, 2.45) is 0 Å². The first kappa shape index (κ1) is 27.1. The van der Waals surface area contributed by atoms with Gasteiger partial charge in [-0.25, -0.2) is 4.39 Å². The van der Waals surface area contributed by atoms with Crippen LogP contribution in [0.25, 0.3) is 0 Å². The first-order valence-electron chi connectivity index (χ1n) is 10.8. The lowest BCUT2D eigenvalue weighted by atomic mass is 9.89. The van der Waals surface area contributed by atoms with E-state index in [1.54, 1.807) is 35.4 Å². The number of hydrogen-bond acceptors (Lipinski definition) is 6. The van der Waals surface area contributed by atoms with E-state index in [0.29, 0.717) is 28.1 Å². The molecule has 0 saturated carbocycles. The van der Waals surface area contributed by atoms with Gasteiger partial charge in [-0.2, -0.15) is 0 Å². The molecule has 0 spiro atoms. The van der Waals surface area contributed by atoms with E-state index in [4.69, 9.17) is 21.1 Å². The molecule has 3 N–H and O–H groups in total. The summed E-state index contributed by atoms with van der Waals surface area (Å²) in [6, 6.07) is 8.38. The van der Waals surface area contributed by atoms with Crippen molar-refractivity contribution < 1.29 is 29.2 Å². The van der Waals surface area contributed by atoms with Gasteiger partial charge in [0.05, 0.1) is 24.4 Å². The molecule has 0 aliphatic carbocycles. The molecule has 1 heterocycles. The van der Waals surface area contributed by atoms with E-state index in [1.807, 2.05) is 0 Å². The maximum absolute atomic E-state index is 14.5. The van der Waals surface area contributed by atoms with Crippen LogP contribution >= 0.6 is 11.6 Å². The Balaban J connectivity index is 0.00000122. The van der Waals surface area contributed by atoms with Gasteiger partial charge in [-0.15, -0.1) is 0 Å². The Morgan fingerprint density at radius 3 is 2.36 bits per heavy atom. The highest BCUT2D eigenvalue weighted by Crippen LogP contribution is 2.44. The van der Waals surface area contributed by atoms with Crippen LogP contribution in [0.15, 0.2) is 42.1 Å². The zero-order valence-corrected chi connectivity index (χ0v) is 20.5. The number of methoxy groups -OCH3 is 2. The van der Waals surface area contributed by atoms with Gasteiger partial charge in [0.15, 0.2) is 5.79 Å². The predicted molar refractivity (Wildman–Crippen MR) is 128 cm³/mol. The van der Waals surface area contributed by atoms with Crippen molar-refractivity contribution in [3.8, 4) is 5.75 Å². The van der Waals surface area contributed by atoms with Crippen molar-refractivity contribution >= 4 is 17.3 Å². The number of hydrogen-bond donors (Lipinski definition) is 3.